The molecule has 0 N–H and O–H groups in total. The molecule has 0 bridgehead atoms. The van der Waals surface area contributed by atoms with Crippen molar-refractivity contribution in [3.8, 4) is 135 Å². The van der Waals surface area contributed by atoms with Gasteiger partial charge in [0.1, 0.15) is 0 Å². The lowest BCUT2D eigenvalue weighted by atomic mass is 9.64. The lowest BCUT2D eigenvalue weighted by Crippen LogP contribution is -2.36. The van der Waals surface area contributed by atoms with Crippen molar-refractivity contribution in [3.05, 3.63) is 481 Å². The van der Waals surface area contributed by atoms with Crippen LogP contribution in [0.1, 0.15) is 44.5 Å². The molecule has 0 unspecified atom stereocenters. The van der Waals surface area contributed by atoms with Crippen molar-refractivity contribution in [1.29, 1.82) is 0 Å². The Morgan fingerprint density at radius 2 is 0.483 bits per heavy atom. The Bertz CT molecular complexity index is 7090. The summed E-state index contributed by atoms with van der Waals surface area (Å²) < 4.78 is 0. The van der Waals surface area contributed by atoms with Crippen LogP contribution < -0.4 is 9.80 Å². The van der Waals surface area contributed by atoms with Gasteiger partial charge in [0, 0.05) is 50.3 Å². The van der Waals surface area contributed by atoms with E-state index in [1.165, 1.54) is 72.3 Å². The SMILES string of the molecule is c1ccc(-c2ccc(-c3nc(-c4ccccc4)cc(-c4cccc(-c5ccc6c(c5)C5(c7ccccc7-c7ccccc75)c5ccccc5N6c5cccc(-c6ccc(-c7nc(-c8ccccc8)cc(-c8ccccc8-c8cccc9c8N(c8ccccc8)c8ccccc8C98c9ccccc9-c9ccccc98)n7)cc6)c5)c4)n3)cc2)cc1. The molecule has 0 fully saturated rings. The first-order valence-electron chi connectivity index (χ1n) is 40.5. The van der Waals surface area contributed by atoms with Gasteiger partial charge in [0.05, 0.1) is 56.4 Å². The Kier molecular flexibility index (Phi) is 16.0. The summed E-state index contributed by atoms with van der Waals surface area (Å²) in [6, 6.07) is 159. The standard InChI is InChI=1S/C112H72N6/c1-5-30-73(31-6-1)74-58-62-78(63-59-74)109-113-101(76-32-7-2-8-33-76)71-103(115-109)83-38-27-36-80(68-83)82-66-67-107-100(70-82)112(95-51-21-17-45-89(95)90-46-18-22-52-96(90)112)97-53-23-25-56-105(97)117(107)85-41-28-37-81(69-85)75-60-64-79(65-61-75)110-114-102(77-34-9-3-10-35-77)72-104(116-110)91-47-14-13-42-86(91)92-48-29-55-99-108(92)118(84-39-11-4-12-40-84)106-57-26-24-54-98(106)111(99)93-49-19-15-43-87(93)88-44-16-20-50-94(88)111/h1-72H. The molecule has 2 aliphatic carbocycles. The molecule has 17 aromatic carbocycles. The molecule has 550 valence electrons. The van der Waals surface area contributed by atoms with E-state index in [0.29, 0.717) is 11.6 Å². The van der Waals surface area contributed by atoms with E-state index in [2.05, 4.69) is 441 Å². The van der Waals surface area contributed by atoms with Crippen molar-refractivity contribution < 1.29 is 0 Å². The molecule has 19 aromatic rings. The first kappa shape index (κ1) is 68.1. The maximum atomic E-state index is 5.66. The van der Waals surface area contributed by atoms with Gasteiger partial charge in [0.15, 0.2) is 11.6 Å². The van der Waals surface area contributed by atoms with Crippen LogP contribution in [0.25, 0.3) is 135 Å². The molecule has 2 aliphatic heterocycles. The van der Waals surface area contributed by atoms with E-state index in [-0.39, 0.29) is 0 Å². The molecule has 0 saturated carbocycles. The van der Waals surface area contributed by atoms with Crippen LogP contribution in [0, 0.1) is 0 Å². The van der Waals surface area contributed by atoms with Gasteiger partial charge >= 0.3 is 0 Å². The lowest BCUT2D eigenvalue weighted by molar-refractivity contribution is 0.753. The fourth-order valence-electron chi connectivity index (χ4n) is 19.6. The van der Waals surface area contributed by atoms with E-state index in [1.807, 2.05) is 6.07 Å². The summed E-state index contributed by atoms with van der Waals surface area (Å²) >= 11 is 0. The zero-order valence-electron chi connectivity index (χ0n) is 64.3. The van der Waals surface area contributed by atoms with Crippen LogP contribution in [-0.4, -0.2) is 19.9 Å². The summed E-state index contributed by atoms with van der Waals surface area (Å²) in [5.74, 6) is 1.31. The maximum Gasteiger partial charge on any atom is 0.160 e. The average molecular weight is 1500 g/mol. The molecule has 6 nitrogen and oxygen atoms in total. The predicted molar refractivity (Wildman–Crippen MR) is 483 cm³/mol. The zero-order valence-corrected chi connectivity index (χ0v) is 64.3. The highest BCUT2D eigenvalue weighted by Gasteiger charge is 2.54. The van der Waals surface area contributed by atoms with E-state index < -0.39 is 10.8 Å². The molecule has 4 heterocycles. The lowest BCUT2D eigenvalue weighted by Gasteiger charge is -2.46. The third-order valence-electron chi connectivity index (χ3n) is 24.7. The number of aromatic nitrogens is 4. The Balaban J connectivity index is 0.634. The summed E-state index contributed by atoms with van der Waals surface area (Å²) in [6.07, 6.45) is 0. The van der Waals surface area contributed by atoms with Gasteiger partial charge in [-0.1, -0.05) is 370 Å². The number of para-hydroxylation sites is 4. The van der Waals surface area contributed by atoms with Gasteiger partial charge in [-0.2, -0.15) is 0 Å². The van der Waals surface area contributed by atoms with Crippen LogP contribution in [0.2, 0.25) is 0 Å². The summed E-state index contributed by atoms with van der Waals surface area (Å²) in [6.45, 7) is 0. The number of benzene rings is 17. The van der Waals surface area contributed by atoms with Gasteiger partial charge in [-0.25, -0.2) is 19.9 Å². The van der Waals surface area contributed by atoms with Crippen LogP contribution in [0.4, 0.5) is 34.1 Å². The first-order valence-corrected chi connectivity index (χ1v) is 40.5. The highest BCUT2D eigenvalue weighted by Crippen LogP contribution is 2.67. The molecule has 0 atom stereocenters. The average Bonchev–Trinajstić information content (AvgIpc) is 1.47. The highest BCUT2D eigenvalue weighted by atomic mass is 15.2. The van der Waals surface area contributed by atoms with Crippen molar-refractivity contribution in [2.45, 2.75) is 10.8 Å². The molecular weight excluding hydrogens is 1430 g/mol. The Morgan fingerprint density at radius 3 is 1.03 bits per heavy atom. The third-order valence-corrected chi connectivity index (χ3v) is 24.7. The summed E-state index contributed by atoms with van der Waals surface area (Å²) in [5.41, 5.74) is 38.5. The first-order chi connectivity index (χ1) is 58.5. The van der Waals surface area contributed by atoms with Crippen LogP contribution in [-0.2, 0) is 10.8 Å². The molecule has 4 aliphatic rings. The number of fused-ring (bicyclic) bond motifs is 18. The second-order valence-electron chi connectivity index (χ2n) is 31.0. The minimum atomic E-state index is -0.669. The highest BCUT2D eigenvalue weighted by molar-refractivity contribution is 6.04. The summed E-state index contributed by atoms with van der Waals surface area (Å²) in [4.78, 5) is 26.8. The van der Waals surface area contributed by atoms with Crippen molar-refractivity contribution >= 4 is 34.1 Å². The maximum absolute atomic E-state index is 5.66. The topological polar surface area (TPSA) is 58.0 Å². The fourth-order valence-corrected chi connectivity index (χ4v) is 19.6. The monoisotopic (exact) mass is 1500 g/mol. The summed E-state index contributed by atoms with van der Waals surface area (Å²) in [5, 5.41) is 0. The van der Waals surface area contributed by atoms with Crippen LogP contribution in [0.15, 0.2) is 437 Å². The van der Waals surface area contributed by atoms with E-state index in [1.54, 1.807) is 0 Å². The van der Waals surface area contributed by atoms with Crippen molar-refractivity contribution in [2.24, 2.45) is 0 Å². The number of nitrogens with zero attached hydrogens (tertiary/aromatic N) is 6. The van der Waals surface area contributed by atoms with Gasteiger partial charge in [-0.15, -0.1) is 0 Å². The second-order valence-corrected chi connectivity index (χ2v) is 31.0. The Labute approximate surface area is 686 Å². The molecule has 2 aromatic heterocycles. The minimum Gasteiger partial charge on any atom is -0.310 e. The Morgan fingerprint density at radius 1 is 0.161 bits per heavy atom. The van der Waals surface area contributed by atoms with Crippen molar-refractivity contribution in [3.63, 3.8) is 0 Å². The Hall–Kier alpha value is -15.5. The fraction of sp³-hybridized carbons (Fsp3) is 0.0179. The third kappa shape index (κ3) is 10.7. The normalized spacial score (nSPS) is 13.2. The number of anilines is 6. The minimum absolute atomic E-state index is 0.615. The van der Waals surface area contributed by atoms with Crippen LogP contribution in [0.5, 0.6) is 0 Å². The summed E-state index contributed by atoms with van der Waals surface area (Å²) in [7, 11) is 0. The van der Waals surface area contributed by atoms with E-state index in [0.717, 1.165) is 129 Å². The van der Waals surface area contributed by atoms with Gasteiger partial charge in [-0.3, -0.25) is 0 Å². The van der Waals surface area contributed by atoms with Crippen molar-refractivity contribution in [1.82, 2.24) is 19.9 Å². The molecule has 0 amide bonds. The molecule has 0 radical (unpaired) electrons. The van der Waals surface area contributed by atoms with Gasteiger partial charge < -0.3 is 9.80 Å². The molecular formula is C112H72N6. The second kappa shape index (κ2) is 27.7. The molecule has 118 heavy (non-hydrogen) atoms. The van der Waals surface area contributed by atoms with Gasteiger partial charge in [0.25, 0.3) is 0 Å². The predicted octanol–water partition coefficient (Wildman–Crippen LogP) is 28.2. The van der Waals surface area contributed by atoms with Crippen LogP contribution >= 0.6 is 0 Å². The van der Waals surface area contributed by atoms with Gasteiger partial charge in [0.2, 0.25) is 0 Å². The smallest absolute Gasteiger partial charge is 0.160 e. The zero-order chi connectivity index (χ0) is 77.8. The van der Waals surface area contributed by atoms with Gasteiger partial charge in [-0.05, 0) is 172 Å². The molecule has 0 saturated heterocycles. The molecule has 2 spiro atoms. The van der Waals surface area contributed by atoms with E-state index in [9.17, 15) is 0 Å². The van der Waals surface area contributed by atoms with Crippen molar-refractivity contribution in [2.75, 3.05) is 9.80 Å². The number of hydrogen-bond donors (Lipinski definition) is 0. The number of hydrogen-bond acceptors (Lipinski definition) is 6. The number of rotatable bonds is 12. The van der Waals surface area contributed by atoms with E-state index >= 15 is 0 Å². The largest absolute Gasteiger partial charge is 0.310 e. The quantitative estimate of drug-likeness (QED) is 0.121. The molecule has 23 rings (SSSR count). The van der Waals surface area contributed by atoms with E-state index in [4.69, 9.17) is 19.9 Å². The molecule has 6 heteroatoms. The van der Waals surface area contributed by atoms with Crippen LogP contribution in [0.3, 0.4) is 0 Å².